The first-order valence-electron chi connectivity index (χ1n) is 7.85. The van der Waals surface area contributed by atoms with Crippen LogP contribution in [0.2, 0.25) is 0 Å². The summed E-state index contributed by atoms with van der Waals surface area (Å²) in [6.07, 6.45) is -0.000488. The maximum Gasteiger partial charge on any atom is 0.306 e. The number of halogens is 1. The topological polar surface area (TPSA) is 55.8 Å². The minimum Gasteiger partial charge on any atom is -0.466 e. The molecular weight excluding hydrogens is 301 g/mol. The molecule has 1 aromatic rings. The van der Waals surface area contributed by atoms with E-state index in [1.807, 2.05) is 4.90 Å². The van der Waals surface area contributed by atoms with E-state index >= 15 is 0 Å². The Bertz CT molecular complexity index is 570. The summed E-state index contributed by atoms with van der Waals surface area (Å²) in [5.41, 5.74) is 0.749. The van der Waals surface area contributed by atoms with Gasteiger partial charge in [-0.15, -0.1) is 0 Å². The predicted octanol–water partition coefficient (Wildman–Crippen LogP) is 2.43. The molecule has 1 fully saturated rings. The fourth-order valence-electron chi connectivity index (χ4n) is 2.57. The van der Waals surface area contributed by atoms with Gasteiger partial charge in [0.25, 0.3) is 0 Å². The lowest BCUT2D eigenvalue weighted by molar-refractivity contribution is -0.143. The molecule has 0 N–H and O–H groups in total. The summed E-state index contributed by atoms with van der Waals surface area (Å²) in [6, 6.07) is 4.47. The number of hydrogen-bond acceptors (Lipinski definition) is 5. The molecule has 6 heteroatoms. The number of rotatable bonds is 6. The first-order valence-corrected chi connectivity index (χ1v) is 7.85. The highest BCUT2D eigenvalue weighted by atomic mass is 19.1. The summed E-state index contributed by atoms with van der Waals surface area (Å²) in [6.45, 7) is 6.03. The van der Waals surface area contributed by atoms with Crippen molar-refractivity contribution in [3.63, 3.8) is 0 Å². The first-order chi connectivity index (χ1) is 11.0. The number of ether oxygens (including phenoxy) is 2. The van der Waals surface area contributed by atoms with Gasteiger partial charge < -0.3 is 14.4 Å². The van der Waals surface area contributed by atoms with E-state index in [0.717, 1.165) is 0 Å². The van der Waals surface area contributed by atoms with E-state index in [1.165, 1.54) is 6.07 Å². The quantitative estimate of drug-likeness (QED) is 0.594. The minimum atomic E-state index is -0.539. The summed E-state index contributed by atoms with van der Waals surface area (Å²) in [5.74, 6) is -1.65. The molecule has 1 atom stereocenters. The van der Waals surface area contributed by atoms with E-state index in [9.17, 15) is 14.0 Å². The van der Waals surface area contributed by atoms with Crippen molar-refractivity contribution >= 4 is 17.4 Å². The van der Waals surface area contributed by atoms with Crippen molar-refractivity contribution in [1.82, 2.24) is 0 Å². The fourth-order valence-corrected chi connectivity index (χ4v) is 2.57. The van der Waals surface area contributed by atoms with Crippen molar-refractivity contribution in [2.45, 2.75) is 20.3 Å². The number of nitrogens with zero attached hydrogens (tertiary/aromatic N) is 1. The fraction of sp³-hybridized carbons (Fsp3) is 0.529. The van der Waals surface area contributed by atoms with Crippen molar-refractivity contribution in [2.24, 2.45) is 5.92 Å². The lowest BCUT2D eigenvalue weighted by Gasteiger charge is -2.29. The van der Waals surface area contributed by atoms with Gasteiger partial charge in [-0.3, -0.25) is 9.59 Å². The second-order valence-electron chi connectivity index (χ2n) is 5.54. The van der Waals surface area contributed by atoms with Crippen LogP contribution in [-0.2, 0) is 14.3 Å². The smallest absolute Gasteiger partial charge is 0.306 e. The van der Waals surface area contributed by atoms with Crippen LogP contribution >= 0.6 is 0 Å². The van der Waals surface area contributed by atoms with Crippen LogP contribution in [0.5, 0.6) is 0 Å². The normalized spacial score (nSPS) is 16.0. The maximum absolute atomic E-state index is 14.3. The largest absolute Gasteiger partial charge is 0.466 e. The molecule has 23 heavy (non-hydrogen) atoms. The van der Waals surface area contributed by atoms with Gasteiger partial charge in [0, 0.05) is 24.6 Å². The number of esters is 1. The van der Waals surface area contributed by atoms with E-state index < -0.39 is 17.7 Å². The van der Waals surface area contributed by atoms with Gasteiger partial charge in [-0.2, -0.15) is 0 Å². The van der Waals surface area contributed by atoms with E-state index in [1.54, 1.807) is 26.0 Å². The number of hydrogen-bond donors (Lipinski definition) is 0. The monoisotopic (exact) mass is 323 g/mol. The molecule has 1 aromatic carbocycles. The summed E-state index contributed by atoms with van der Waals surface area (Å²) < 4.78 is 24.4. The molecule has 0 radical (unpaired) electrons. The van der Waals surface area contributed by atoms with Crippen LogP contribution in [-0.4, -0.2) is 44.7 Å². The zero-order valence-corrected chi connectivity index (χ0v) is 13.5. The molecule has 0 bridgehead atoms. The van der Waals surface area contributed by atoms with Crippen molar-refractivity contribution in [1.29, 1.82) is 0 Å². The Labute approximate surface area is 135 Å². The average molecular weight is 323 g/mol. The van der Waals surface area contributed by atoms with E-state index in [2.05, 4.69) is 0 Å². The Balaban J connectivity index is 2.06. The number of anilines is 1. The van der Waals surface area contributed by atoms with Crippen molar-refractivity contribution in [3.05, 3.63) is 29.6 Å². The Morgan fingerprint density at radius 2 is 2.04 bits per heavy atom. The van der Waals surface area contributed by atoms with Crippen LogP contribution in [0.3, 0.4) is 0 Å². The second kappa shape index (κ2) is 8.06. The maximum atomic E-state index is 14.3. The molecule has 0 spiro atoms. The lowest BCUT2D eigenvalue weighted by Crippen LogP contribution is -2.36. The molecule has 0 aromatic heterocycles. The van der Waals surface area contributed by atoms with Gasteiger partial charge in [-0.05, 0) is 25.1 Å². The molecular formula is C17H22FNO4. The summed E-state index contributed by atoms with van der Waals surface area (Å²) in [5, 5.41) is 0. The van der Waals surface area contributed by atoms with Crippen molar-refractivity contribution in [2.75, 3.05) is 37.8 Å². The molecule has 0 aliphatic carbocycles. The van der Waals surface area contributed by atoms with Crippen LogP contribution < -0.4 is 4.90 Å². The van der Waals surface area contributed by atoms with Gasteiger partial charge in [0.05, 0.1) is 31.9 Å². The van der Waals surface area contributed by atoms with Crippen molar-refractivity contribution < 1.29 is 23.5 Å². The summed E-state index contributed by atoms with van der Waals surface area (Å²) >= 11 is 0. The number of Topliss-reactive ketones (excluding diaryl/α,β-unsaturated/α-hetero) is 1. The van der Waals surface area contributed by atoms with Gasteiger partial charge in [0.1, 0.15) is 5.82 Å². The lowest BCUT2D eigenvalue weighted by atomic mass is 9.96. The molecule has 0 amide bonds. The SMILES string of the molecule is CCOC(=O)CC(C)C(=O)c1ccc(N2CCOCC2)c(F)c1. The Hall–Kier alpha value is -1.95. The highest BCUT2D eigenvalue weighted by Crippen LogP contribution is 2.23. The third kappa shape index (κ3) is 4.51. The molecule has 1 unspecified atom stereocenters. The average Bonchev–Trinajstić information content (AvgIpc) is 2.55. The molecule has 126 valence electrons. The number of carbonyl (C=O) groups is 2. The molecule has 1 aliphatic heterocycles. The molecule has 1 saturated heterocycles. The molecule has 1 aliphatic rings. The van der Waals surface area contributed by atoms with Crippen LogP contribution in [0, 0.1) is 11.7 Å². The second-order valence-corrected chi connectivity index (χ2v) is 5.54. The Morgan fingerprint density at radius 3 is 2.65 bits per heavy atom. The van der Waals surface area contributed by atoms with Crippen LogP contribution in [0.25, 0.3) is 0 Å². The standard InChI is InChI=1S/C17H22FNO4/c1-3-23-16(20)10-12(2)17(21)13-4-5-15(14(18)11-13)19-6-8-22-9-7-19/h4-5,11-12H,3,6-10H2,1-2H3. The number of carbonyl (C=O) groups excluding carboxylic acids is 2. The number of benzene rings is 1. The molecule has 2 rings (SSSR count). The van der Waals surface area contributed by atoms with Crippen molar-refractivity contribution in [3.8, 4) is 0 Å². The third-order valence-electron chi connectivity index (χ3n) is 3.81. The predicted molar refractivity (Wildman–Crippen MR) is 84.2 cm³/mol. The summed E-state index contributed by atoms with van der Waals surface area (Å²) in [7, 11) is 0. The van der Waals surface area contributed by atoms with Gasteiger partial charge in [-0.1, -0.05) is 6.92 Å². The van der Waals surface area contributed by atoms with E-state index in [0.29, 0.717) is 32.0 Å². The molecule has 0 saturated carbocycles. The summed E-state index contributed by atoms with van der Waals surface area (Å²) in [4.78, 5) is 25.7. The van der Waals surface area contributed by atoms with Crippen LogP contribution in [0.1, 0.15) is 30.6 Å². The molecule has 5 nitrogen and oxygen atoms in total. The zero-order valence-electron chi connectivity index (χ0n) is 13.5. The Kier molecular flexibility index (Phi) is 6.10. The number of morpholine rings is 1. The van der Waals surface area contributed by atoms with Gasteiger partial charge in [0.15, 0.2) is 5.78 Å². The zero-order chi connectivity index (χ0) is 16.8. The van der Waals surface area contributed by atoms with Gasteiger partial charge in [0.2, 0.25) is 0 Å². The third-order valence-corrected chi connectivity index (χ3v) is 3.81. The minimum absolute atomic E-state index is 0.000488. The highest BCUT2D eigenvalue weighted by molar-refractivity contribution is 5.99. The van der Waals surface area contributed by atoms with E-state index in [4.69, 9.17) is 9.47 Å². The molecule has 1 heterocycles. The van der Waals surface area contributed by atoms with Gasteiger partial charge >= 0.3 is 5.97 Å². The van der Waals surface area contributed by atoms with E-state index in [-0.39, 0.29) is 24.4 Å². The number of ketones is 1. The van der Waals surface area contributed by atoms with Crippen LogP contribution in [0.15, 0.2) is 18.2 Å². The van der Waals surface area contributed by atoms with Gasteiger partial charge in [-0.25, -0.2) is 4.39 Å². The Morgan fingerprint density at radius 1 is 1.35 bits per heavy atom. The highest BCUT2D eigenvalue weighted by Gasteiger charge is 2.22. The van der Waals surface area contributed by atoms with Crippen LogP contribution in [0.4, 0.5) is 10.1 Å². The first kappa shape index (κ1) is 17.4.